The summed E-state index contributed by atoms with van der Waals surface area (Å²) in [5, 5.41) is 6.61. The largest absolute Gasteiger partial charge is 0.492 e. The molecule has 0 radical (unpaired) electrons. The molecule has 1 aromatic rings. The summed E-state index contributed by atoms with van der Waals surface area (Å²) < 4.78 is 31.4. The van der Waals surface area contributed by atoms with Gasteiger partial charge in [-0.2, -0.15) is 0 Å². The molecule has 0 spiro atoms. The number of nitrogens with zero attached hydrogens (tertiary/aromatic N) is 2. The number of ether oxygens (including phenoxy) is 1. The van der Waals surface area contributed by atoms with E-state index < -0.39 is 11.6 Å². The number of hydrogen-bond donors (Lipinski definition) is 2. The van der Waals surface area contributed by atoms with E-state index in [2.05, 4.69) is 34.4 Å². The molecule has 7 heteroatoms. The highest BCUT2D eigenvalue weighted by atomic mass is 19.2. The predicted octanol–water partition coefficient (Wildman–Crippen LogP) is 2.38. The molecule has 0 bridgehead atoms. The minimum atomic E-state index is -0.907. The van der Waals surface area contributed by atoms with Crippen LogP contribution in [0.4, 0.5) is 8.78 Å². The molecule has 1 heterocycles. The average molecular weight is 354 g/mol. The lowest BCUT2D eigenvalue weighted by Crippen LogP contribution is -2.50. The third-order valence-electron chi connectivity index (χ3n) is 4.38. The Morgan fingerprint density at radius 3 is 2.60 bits per heavy atom. The van der Waals surface area contributed by atoms with Crippen molar-refractivity contribution in [1.29, 1.82) is 0 Å². The monoisotopic (exact) mass is 354 g/mol. The van der Waals surface area contributed by atoms with Crippen LogP contribution < -0.4 is 15.4 Å². The average Bonchev–Trinajstić information content (AvgIpc) is 2.61. The number of rotatable bonds is 6. The van der Waals surface area contributed by atoms with Gasteiger partial charge in [0.05, 0.1) is 6.54 Å². The number of benzene rings is 1. The van der Waals surface area contributed by atoms with E-state index in [0.29, 0.717) is 31.0 Å². The summed E-state index contributed by atoms with van der Waals surface area (Å²) in [7, 11) is 1.73. The molecule has 1 aliphatic rings. The summed E-state index contributed by atoms with van der Waals surface area (Å²) in [5.74, 6) is -0.740. The molecule has 2 N–H and O–H groups in total. The lowest BCUT2D eigenvalue weighted by molar-refractivity contribution is 0.167. The molecule has 1 saturated heterocycles. The van der Waals surface area contributed by atoms with Crippen molar-refractivity contribution >= 4 is 5.96 Å². The number of likely N-dealkylation sites (tertiary alicyclic amines) is 1. The van der Waals surface area contributed by atoms with Crippen LogP contribution in [0.15, 0.2) is 23.2 Å². The van der Waals surface area contributed by atoms with Crippen molar-refractivity contribution in [3.05, 3.63) is 29.8 Å². The van der Waals surface area contributed by atoms with Crippen LogP contribution in [0.3, 0.4) is 0 Å². The highest BCUT2D eigenvalue weighted by molar-refractivity contribution is 5.79. The summed E-state index contributed by atoms with van der Waals surface area (Å²) in [4.78, 5) is 6.70. The Balaban J connectivity index is 1.68. The Morgan fingerprint density at radius 1 is 1.28 bits per heavy atom. The van der Waals surface area contributed by atoms with Crippen LogP contribution in [0.2, 0.25) is 0 Å². The molecule has 0 unspecified atom stereocenters. The van der Waals surface area contributed by atoms with Crippen molar-refractivity contribution in [2.24, 2.45) is 4.99 Å². The van der Waals surface area contributed by atoms with Gasteiger partial charge in [0.15, 0.2) is 17.6 Å². The zero-order valence-electron chi connectivity index (χ0n) is 15.2. The van der Waals surface area contributed by atoms with Crippen molar-refractivity contribution in [3.63, 3.8) is 0 Å². The van der Waals surface area contributed by atoms with E-state index in [1.807, 2.05) is 0 Å². The first kappa shape index (κ1) is 19.4. The van der Waals surface area contributed by atoms with E-state index in [0.717, 1.165) is 44.0 Å². The van der Waals surface area contributed by atoms with Crippen LogP contribution in [0.5, 0.6) is 5.75 Å². The molecular weight excluding hydrogens is 326 g/mol. The van der Waals surface area contributed by atoms with Gasteiger partial charge in [-0.25, -0.2) is 8.78 Å². The first-order chi connectivity index (χ1) is 12.0. The van der Waals surface area contributed by atoms with Crippen molar-refractivity contribution in [2.75, 3.05) is 33.3 Å². The molecule has 0 saturated carbocycles. The van der Waals surface area contributed by atoms with Gasteiger partial charge < -0.3 is 20.3 Å². The summed E-state index contributed by atoms with van der Waals surface area (Å²) in [6.45, 7) is 7.47. The van der Waals surface area contributed by atoms with Gasteiger partial charge in [-0.1, -0.05) is 0 Å². The Morgan fingerprint density at radius 2 is 2.00 bits per heavy atom. The van der Waals surface area contributed by atoms with E-state index in [1.165, 1.54) is 6.07 Å². The topological polar surface area (TPSA) is 48.9 Å². The van der Waals surface area contributed by atoms with Crippen LogP contribution in [-0.4, -0.2) is 56.2 Å². The van der Waals surface area contributed by atoms with E-state index in [-0.39, 0.29) is 0 Å². The maximum atomic E-state index is 13.1. The summed E-state index contributed by atoms with van der Waals surface area (Å²) in [5.41, 5.74) is 0. The van der Waals surface area contributed by atoms with Crippen LogP contribution in [0, 0.1) is 11.6 Å². The van der Waals surface area contributed by atoms with Gasteiger partial charge >= 0.3 is 0 Å². The smallest absolute Gasteiger partial charge is 0.191 e. The fourth-order valence-electron chi connectivity index (χ4n) is 2.85. The molecule has 0 atom stereocenters. The maximum Gasteiger partial charge on any atom is 0.191 e. The van der Waals surface area contributed by atoms with Gasteiger partial charge in [0.1, 0.15) is 12.4 Å². The van der Waals surface area contributed by atoms with Gasteiger partial charge in [0.2, 0.25) is 0 Å². The highest BCUT2D eigenvalue weighted by Crippen LogP contribution is 2.15. The molecule has 25 heavy (non-hydrogen) atoms. The van der Waals surface area contributed by atoms with Gasteiger partial charge in [-0.05, 0) is 38.8 Å². The van der Waals surface area contributed by atoms with E-state index in [4.69, 9.17) is 4.74 Å². The normalized spacial score (nSPS) is 17.0. The second-order valence-corrected chi connectivity index (χ2v) is 6.47. The molecule has 140 valence electrons. The van der Waals surface area contributed by atoms with Gasteiger partial charge in [0.25, 0.3) is 0 Å². The third kappa shape index (κ3) is 6.16. The number of guanidine groups is 1. The summed E-state index contributed by atoms with van der Waals surface area (Å²) >= 11 is 0. The van der Waals surface area contributed by atoms with Gasteiger partial charge in [0, 0.05) is 38.3 Å². The highest BCUT2D eigenvalue weighted by Gasteiger charge is 2.21. The summed E-state index contributed by atoms with van der Waals surface area (Å²) in [6, 6.07) is 4.52. The Kier molecular flexibility index (Phi) is 7.43. The van der Waals surface area contributed by atoms with E-state index in [1.54, 1.807) is 7.05 Å². The molecule has 0 aromatic heterocycles. The molecular formula is C18H28F2N4O. The first-order valence-corrected chi connectivity index (χ1v) is 8.78. The van der Waals surface area contributed by atoms with Gasteiger partial charge in [-0.3, -0.25) is 4.99 Å². The fraction of sp³-hybridized carbons (Fsp3) is 0.611. The first-order valence-electron chi connectivity index (χ1n) is 8.78. The van der Waals surface area contributed by atoms with Crippen molar-refractivity contribution < 1.29 is 13.5 Å². The Bertz CT molecular complexity index is 572. The minimum absolute atomic E-state index is 0.310. The fourth-order valence-corrected chi connectivity index (χ4v) is 2.85. The molecule has 5 nitrogen and oxygen atoms in total. The van der Waals surface area contributed by atoms with Crippen LogP contribution >= 0.6 is 0 Å². The standard InChI is InChI=1S/C18H28F2N4O/c1-13(2)24-9-6-14(7-10-24)23-18(21-3)22-8-11-25-15-4-5-16(19)17(20)12-15/h4-5,12-14H,6-11H2,1-3H3,(H2,21,22,23). The molecule has 1 aromatic carbocycles. The van der Waals surface area contributed by atoms with Crippen molar-refractivity contribution in [3.8, 4) is 5.75 Å². The Labute approximate surface area is 148 Å². The zero-order valence-corrected chi connectivity index (χ0v) is 15.2. The number of hydrogen-bond acceptors (Lipinski definition) is 3. The van der Waals surface area contributed by atoms with Crippen molar-refractivity contribution in [2.45, 2.75) is 38.8 Å². The third-order valence-corrected chi connectivity index (χ3v) is 4.38. The lowest BCUT2D eigenvalue weighted by atomic mass is 10.0. The lowest BCUT2D eigenvalue weighted by Gasteiger charge is -2.35. The second-order valence-electron chi connectivity index (χ2n) is 6.47. The second kappa shape index (κ2) is 9.56. The molecule has 2 rings (SSSR count). The SMILES string of the molecule is CN=C(NCCOc1ccc(F)c(F)c1)NC1CCN(C(C)C)CC1. The van der Waals surface area contributed by atoms with Crippen LogP contribution in [0.25, 0.3) is 0 Å². The number of halogens is 2. The quantitative estimate of drug-likeness (QED) is 0.468. The zero-order chi connectivity index (χ0) is 18.2. The van der Waals surface area contributed by atoms with Gasteiger partial charge in [-0.15, -0.1) is 0 Å². The Hall–Kier alpha value is -1.89. The number of aliphatic imine (C=N–C) groups is 1. The summed E-state index contributed by atoms with van der Waals surface area (Å²) in [6.07, 6.45) is 2.18. The minimum Gasteiger partial charge on any atom is -0.492 e. The number of nitrogens with one attached hydrogen (secondary N) is 2. The van der Waals surface area contributed by atoms with E-state index >= 15 is 0 Å². The van der Waals surface area contributed by atoms with Crippen LogP contribution in [0.1, 0.15) is 26.7 Å². The van der Waals surface area contributed by atoms with E-state index in [9.17, 15) is 8.78 Å². The molecule has 0 amide bonds. The number of piperidine rings is 1. The molecule has 0 aliphatic carbocycles. The molecule has 1 fully saturated rings. The maximum absolute atomic E-state index is 13.1. The predicted molar refractivity (Wildman–Crippen MR) is 96.1 cm³/mol. The van der Waals surface area contributed by atoms with Crippen LogP contribution in [-0.2, 0) is 0 Å². The van der Waals surface area contributed by atoms with Crippen molar-refractivity contribution in [1.82, 2.24) is 15.5 Å². The molecule has 1 aliphatic heterocycles.